The number of phenolic OH excluding ortho intramolecular Hbond substituents is 1. The van der Waals surface area contributed by atoms with Crippen molar-refractivity contribution in [1.82, 2.24) is 25.6 Å². The highest BCUT2D eigenvalue weighted by Crippen LogP contribution is 2.21. The lowest BCUT2D eigenvalue weighted by molar-refractivity contribution is 0.0846. The minimum absolute atomic E-state index is 0.0662. The van der Waals surface area contributed by atoms with E-state index in [1.54, 1.807) is 36.0 Å². The van der Waals surface area contributed by atoms with Gasteiger partial charge in [0.05, 0.1) is 22.7 Å². The number of fused-ring (bicyclic) bond motifs is 1. The van der Waals surface area contributed by atoms with Crippen LogP contribution in [0.4, 0.5) is 0 Å². The molecule has 2 heterocycles. The van der Waals surface area contributed by atoms with Gasteiger partial charge in [-0.1, -0.05) is 12.1 Å². The summed E-state index contributed by atoms with van der Waals surface area (Å²) in [5, 5.41) is 14.6. The number of pyridine rings is 1. The average Bonchev–Trinajstić information content (AvgIpc) is 3.03. The number of carbonyl (C=O) groups excluding carboxylic acids is 2. The molecular formula is C18H19N5O3. The minimum atomic E-state index is -0.614. The Morgan fingerprint density at radius 3 is 2.42 bits per heavy atom. The molecule has 0 unspecified atom stereocenters. The van der Waals surface area contributed by atoms with Crippen molar-refractivity contribution in [3.63, 3.8) is 0 Å². The van der Waals surface area contributed by atoms with Crippen LogP contribution in [0.25, 0.3) is 11.0 Å². The zero-order chi connectivity index (χ0) is 18.8. The number of carbonyl (C=O) groups is 2. The molecule has 0 saturated carbocycles. The summed E-state index contributed by atoms with van der Waals surface area (Å²) in [6.45, 7) is 5.74. The molecule has 0 aliphatic rings. The number of nitrogens with one attached hydrogen (secondary N) is 2. The third-order valence-electron chi connectivity index (χ3n) is 3.87. The summed E-state index contributed by atoms with van der Waals surface area (Å²) in [4.78, 5) is 29.1. The van der Waals surface area contributed by atoms with E-state index in [1.807, 2.05) is 13.8 Å². The number of rotatable bonds is 3. The smallest absolute Gasteiger partial charge is 0.273 e. The van der Waals surface area contributed by atoms with E-state index in [4.69, 9.17) is 0 Å². The van der Waals surface area contributed by atoms with Crippen molar-refractivity contribution in [3.8, 4) is 5.75 Å². The molecule has 1 aromatic carbocycles. The Morgan fingerprint density at radius 1 is 1.12 bits per heavy atom. The molecule has 0 atom stereocenters. The van der Waals surface area contributed by atoms with Gasteiger partial charge >= 0.3 is 0 Å². The number of amides is 2. The van der Waals surface area contributed by atoms with Crippen LogP contribution in [0.3, 0.4) is 0 Å². The van der Waals surface area contributed by atoms with E-state index in [0.717, 1.165) is 0 Å². The summed E-state index contributed by atoms with van der Waals surface area (Å²) in [6.07, 6.45) is 1.58. The monoisotopic (exact) mass is 353 g/mol. The molecule has 134 valence electrons. The number of aromatic nitrogens is 3. The summed E-state index contributed by atoms with van der Waals surface area (Å²) in [7, 11) is 0. The van der Waals surface area contributed by atoms with Crippen molar-refractivity contribution in [3.05, 3.63) is 53.3 Å². The van der Waals surface area contributed by atoms with Crippen molar-refractivity contribution in [2.75, 3.05) is 0 Å². The number of hydrogen-bond acceptors (Lipinski definition) is 5. The molecule has 0 radical (unpaired) electrons. The number of para-hydroxylation sites is 1. The highest BCUT2D eigenvalue weighted by atomic mass is 16.3. The third kappa shape index (κ3) is 3.21. The first kappa shape index (κ1) is 17.4. The third-order valence-corrected chi connectivity index (χ3v) is 3.87. The van der Waals surface area contributed by atoms with Crippen molar-refractivity contribution < 1.29 is 14.7 Å². The predicted octanol–water partition coefficient (Wildman–Crippen LogP) is 2.10. The molecule has 0 saturated heterocycles. The van der Waals surface area contributed by atoms with Crippen LogP contribution in [0.2, 0.25) is 0 Å². The lowest BCUT2D eigenvalue weighted by Crippen LogP contribution is -2.41. The maximum Gasteiger partial charge on any atom is 0.273 e. The number of aryl methyl sites for hydroxylation is 1. The summed E-state index contributed by atoms with van der Waals surface area (Å²) in [5.41, 5.74) is 6.37. The summed E-state index contributed by atoms with van der Waals surface area (Å²) in [6, 6.07) is 7.81. The number of nitrogens with zero attached hydrogens (tertiary/aromatic N) is 3. The highest BCUT2D eigenvalue weighted by molar-refractivity contribution is 6.07. The van der Waals surface area contributed by atoms with Gasteiger partial charge in [-0.3, -0.25) is 20.4 Å². The number of hydrazine groups is 1. The van der Waals surface area contributed by atoms with E-state index in [-0.39, 0.29) is 17.4 Å². The van der Waals surface area contributed by atoms with Gasteiger partial charge in [-0.05, 0) is 39.0 Å². The van der Waals surface area contributed by atoms with Gasteiger partial charge < -0.3 is 5.11 Å². The SMILES string of the molecule is Cc1cc(C(=O)NNC(=O)c2ccccc2O)c2cnn(C(C)C)c2n1. The second-order valence-electron chi connectivity index (χ2n) is 6.16. The second-order valence-corrected chi connectivity index (χ2v) is 6.16. The summed E-state index contributed by atoms with van der Waals surface area (Å²) >= 11 is 0. The summed E-state index contributed by atoms with van der Waals surface area (Å²) < 4.78 is 1.74. The van der Waals surface area contributed by atoms with Crippen LogP contribution < -0.4 is 10.9 Å². The number of benzene rings is 1. The molecule has 3 N–H and O–H groups in total. The molecule has 8 nitrogen and oxygen atoms in total. The average molecular weight is 353 g/mol. The Balaban J connectivity index is 1.84. The quantitative estimate of drug-likeness (QED) is 0.625. The molecular weight excluding hydrogens is 334 g/mol. The van der Waals surface area contributed by atoms with Crippen LogP contribution in [0.5, 0.6) is 5.75 Å². The number of hydrogen-bond donors (Lipinski definition) is 3. The molecule has 3 rings (SSSR count). The number of phenols is 1. The molecule has 8 heteroatoms. The fraction of sp³-hybridized carbons (Fsp3) is 0.222. The molecule has 0 aliphatic carbocycles. The van der Waals surface area contributed by atoms with E-state index < -0.39 is 11.8 Å². The fourth-order valence-corrected chi connectivity index (χ4v) is 2.62. The summed E-state index contributed by atoms with van der Waals surface area (Å²) in [5.74, 6) is -1.27. The van der Waals surface area contributed by atoms with Crippen LogP contribution >= 0.6 is 0 Å². The van der Waals surface area contributed by atoms with Gasteiger partial charge in [0.1, 0.15) is 5.75 Å². The van der Waals surface area contributed by atoms with Gasteiger partial charge in [-0.15, -0.1) is 0 Å². The van der Waals surface area contributed by atoms with E-state index in [2.05, 4.69) is 20.9 Å². The number of aromatic hydroxyl groups is 1. The standard InChI is InChI=1S/C18H19N5O3/c1-10(2)23-16-14(9-19-23)13(8-11(3)20-16)18(26)22-21-17(25)12-6-4-5-7-15(12)24/h4-10,24H,1-3H3,(H,21,25)(H,22,26). The van der Waals surface area contributed by atoms with Crippen LogP contribution in [0, 0.1) is 6.92 Å². The van der Waals surface area contributed by atoms with Crippen molar-refractivity contribution in [2.45, 2.75) is 26.8 Å². The first-order valence-corrected chi connectivity index (χ1v) is 8.12. The van der Waals surface area contributed by atoms with Crippen molar-refractivity contribution in [2.24, 2.45) is 0 Å². The second kappa shape index (κ2) is 6.83. The van der Waals surface area contributed by atoms with Gasteiger partial charge in [0, 0.05) is 11.7 Å². The molecule has 26 heavy (non-hydrogen) atoms. The Bertz CT molecular complexity index is 994. The lowest BCUT2D eigenvalue weighted by Gasteiger charge is -2.10. The first-order valence-electron chi connectivity index (χ1n) is 8.12. The molecule has 2 aromatic heterocycles. The minimum Gasteiger partial charge on any atom is -0.507 e. The molecule has 0 spiro atoms. The predicted molar refractivity (Wildman–Crippen MR) is 95.7 cm³/mol. The highest BCUT2D eigenvalue weighted by Gasteiger charge is 2.18. The van der Waals surface area contributed by atoms with Crippen LogP contribution in [-0.4, -0.2) is 31.7 Å². The molecule has 0 fully saturated rings. The van der Waals surface area contributed by atoms with Crippen LogP contribution in [0.15, 0.2) is 36.5 Å². The van der Waals surface area contributed by atoms with Gasteiger partial charge in [0.2, 0.25) is 0 Å². The van der Waals surface area contributed by atoms with Gasteiger partial charge in [0.25, 0.3) is 11.8 Å². The van der Waals surface area contributed by atoms with E-state index in [1.165, 1.54) is 12.1 Å². The maximum absolute atomic E-state index is 12.6. The van der Waals surface area contributed by atoms with E-state index >= 15 is 0 Å². The zero-order valence-corrected chi connectivity index (χ0v) is 14.6. The maximum atomic E-state index is 12.6. The largest absolute Gasteiger partial charge is 0.507 e. The Kier molecular flexibility index (Phi) is 4.57. The molecule has 0 aliphatic heterocycles. The Labute approximate surface area is 149 Å². The topological polar surface area (TPSA) is 109 Å². The first-order chi connectivity index (χ1) is 12.4. The van der Waals surface area contributed by atoms with Crippen LogP contribution in [0.1, 0.15) is 46.3 Å². The van der Waals surface area contributed by atoms with Gasteiger partial charge in [-0.25, -0.2) is 9.67 Å². The van der Waals surface area contributed by atoms with Gasteiger partial charge in [0.15, 0.2) is 5.65 Å². The van der Waals surface area contributed by atoms with E-state index in [0.29, 0.717) is 22.3 Å². The van der Waals surface area contributed by atoms with Gasteiger partial charge in [-0.2, -0.15) is 5.10 Å². The van der Waals surface area contributed by atoms with Crippen molar-refractivity contribution in [1.29, 1.82) is 0 Å². The Morgan fingerprint density at radius 2 is 1.77 bits per heavy atom. The molecule has 2 amide bonds. The lowest BCUT2D eigenvalue weighted by atomic mass is 10.1. The van der Waals surface area contributed by atoms with E-state index in [9.17, 15) is 14.7 Å². The van der Waals surface area contributed by atoms with Crippen molar-refractivity contribution >= 4 is 22.8 Å². The zero-order valence-electron chi connectivity index (χ0n) is 14.6. The normalized spacial score (nSPS) is 10.9. The molecule has 3 aromatic rings. The van der Waals surface area contributed by atoms with Crippen LogP contribution in [-0.2, 0) is 0 Å². The molecule has 0 bridgehead atoms. The fourth-order valence-electron chi connectivity index (χ4n) is 2.62. The Hall–Kier alpha value is -3.42.